The predicted molar refractivity (Wildman–Crippen MR) is 166 cm³/mol. The summed E-state index contributed by atoms with van der Waals surface area (Å²) >= 11 is 0. The second-order valence-corrected chi connectivity index (χ2v) is 14.0. The summed E-state index contributed by atoms with van der Waals surface area (Å²) in [6.07, 6.45) is -1.87. The van der Waals surface area contributed by atoms with Crippen molar-refractivity contribution in [2.24, 2.45) is 5.92 Å². The van der Waals surface area contributed by atoms with Gasteiger partial charge in [0.2, 0.25) is 27.7 Å². The fraction of sp³-hybridized carbons (Fsp3) is 0.741. The molecule has 6 N–H and O–H groups in total. The Bertz CT molecular complexity index is 1320. The normalized spacial score (nSPS) is 12.8. The molecule has 0 aliphatic carbocycles. The molecule has 0 aromatic carbocycles. The van der Waals surface area contributed by atoms with Gasteiger partial charge in [0.05, 0.1) is 37.2 Å². The van der Waals surface area contributed by atoms with Gasteiger partial charge >= 0.3 is 11.9 Å². The van der Waals surface area contributed by atoms with E-state index in [0.29, 0.717) is 0 Å². The third-order valence-electron chi connectivity index (χ3n) is 6.38. The van der Waals surface area contributed by atoms with Crippen molar-refractivity contribution in [2.45, 2.75) is 77.2 Å². The summed E-state index contributed by atoms with van der Waals surface area (Å²) in [5, 5.41) is 23.4. The third-order valence-corrected chi connectivity index (χ3v) is 8.55. The zero-order chi connectivity index (χ0) is 36.8. The molecule has 2 unspecified atom stereocenters. The first kappa shape index (κ1) is 44.5. The predicted octanol–water partition coefficient (Wildman–Crippen LogP) is -1.20. The molecule has 0 bridgehead atoms. The van der Waals surface area contributed by atoms with E-state index in [2.05, 4.69) is 10.6 Å². The van der Waals surface area contributed by atoms with Crippen LogP contribution in [0.4, 0.5) is 0 Å². The van der Waals surface area contributed by atoms with E-state index in [-0.39, 0.29) is 83.5 Å². The van der Waals surface area contributed by atoms with E-state index < -0.39 is 98.5 Å². The molecule has 3 amide bonds. The molecule has 0 saturated carbocycles. The number of sulfonamides is 1. The van der Waals surface area contributed by atoms with Gasteiger partial charge < -0.3 is 30.3 Å². The first-order valence-electron chi connectivity index (χ1n) is 15.0. The lowest BCUT2D eigenvalue weighted by atomic mass is 9.97. The van der Waals surface area contributed by atoms with Crippen molar-refractivity contribution in [2.75, 3.05) is 44.5 Å². The Morgan fingerprint density at radius 3 is 1.94 bits per heavy atom. The third kappa shape index (κ3) is 24.6. The minimum Gasteiger partial charge on any atom is -0.481 e. The maximum Gasteiger partial charge on any atom is 0.326 e. The highest BCUT2D eigenvalue weighted by Crippen LogP contribution is 2.13. The number of nitrogens with one attached hydrogen (secondary N) is 3. The quantitative estimate of drug-likeness (QED) is 0.0389. The van der Waals surface area contributed by atoms with Crippen molar-refractivity contribution < 1.29 is 74.6 Å². The number of carboxylic acids is 2. The minimum atomic E-state index is -4.27. The van der Waals surface area contributed by atoms with Crippen LogP contribution in [0, 0.1) is 5.92 Å². The Kier molecular flexibility index (Phi) is 22.0. The number of carbonyl (C=O) groups is 7. The number of aliphatic carboxylic acids is 2. The molecule has 0 heterocycles. The van der Waals surface area contributed by atoms with Gasteiger partial charge in [-0.2, -0.15) is 8.42 Å². The lowest BCUT2D eigenvalue weighted by Gasteiger charge is -2.15. The van der Waals surface area contributed by atoms with Crippen LogP contribution in [0.2, 0.25) is 0 Å². The monoisotopic (exact) mass is 731 g/mol. The van der Waals surface area contributed by atoms with E-state index >= 15 is 0 Å². The summed E-state index contributed by atoms with van der Waals surface area (Å²) in [6, 6.07) is -1.30. The number of ketones is 2. The molecule has 0 radical (unpaired) electrons. The maximum atomic E-state index is 12.2. The smallest absolute Gasteiger partial charge is 0.326 e. The van der Waals surface area contributed by atoms with E-state index in [0.717, 1.165) is 0 Å². The first-order chi connectivity index (χ1) is 22.3. The van der Waals surface area contributed by atoms with Crippen molar-refractivity contribution in [3.63, 3.8) is 0 Å². The van der Waals surface area contributed by atoms with Gasteiger partial charge in [-0.25, -0.2) is 13.2 Å². The van der Waals surface area contributed by atoms with Crippen LogP contribution in [-0.2, 0) is 63.2 Å². The number of Topliss-reactive ketones (excluding diaryl/α,β-unsaturated/α-hetero) is 2. The van der Waals surface area contributed by atoms with Crippen LogP contribution >= 0.6 is 0 Å². The van der Waals surface area contributed by atoms with E-state index in [1.807, 2.05) is 0 Å². The standard InChI is InChI=1S/C27H45N3O16S2/c1-2-20(31)8-9-22(27(38)39)29-24(34)10-7-19(26(36)37)17-21(32)18-46-14-13-45-12-11-28-23(33)5-3-15-47(40,41)30-25(35)6-4-16-48(42,43)44/h19,22H,2-18H2,1H3,(H,28,33)(H,29,34)(H,30,35)(H,36,37)(H,38,39)(H,42,43,44). The minimum absolute atomic E-state index is 0.0292. The van der Waals surface area contributed by atoms with Gasteiger partial charge in [-0.15, -0.1) is 0 Å². The summed E-state index contributed by atoms with van der Waals surface area (Å²) in [5.41, 5.74) is 0. The Morgan fingerprint density at radius 2 is 1.33 bits per heavy atom. The highest BCUT2D eigenvalue weighted by Gasteiger charge is 2.25. The van der Waals surface area contributed by atoms with Gasteiger partial charge in [-0.1, -0.05) is 6.92 Å². The van der Waals surface area contributed by atoms with Crippen molar-refractivity contribution in [1.29, 1.82) is 0 Å². The van der Waals surface area contributed by atoms with E-state index in [1.165, 1.54) is 0 Å². The molecular weight excluding hydrogens is 686 g/mol. The summed E-state index contributed by atoms with van der Waals surface area (Å²) in [7, 11) is -8.31. The van der Waals surface area contributed by atoms with Gasteiger partial charge in [0.25, 0.3) is 10.1 Å². The second kappa shape index (κ2) is 23.7. The van der Waals surface area contributed by atoms with Gasteiger partial charge in [0.15, 0.2) is 5.78 Å². The van der Waals surface area contributed by atoms with Crippen LogP contribution in [0.15, 0.2) is 0 Å². The number of hydrogen-bond acceptors (Lipinski definition) is 13. The fourth-order valence-corrected chi connectivity index (χ4v) is 5.41. The van der Waals surface area contributed by atoms with Crippen LogP contribution in [0.5, 0.6) is 0 Å². The topological polar surface area (TPSA) is 303 Å². The zero-order valence-corrected chi connectivity index (χ0v) is 28.3. The highest BCUT2D eigenvalue weighted by molar-refractivity contribution is 7.90. The molecule has 0 fully saturated rings. The second-order valence-electron chi connectivity index (χ2n) is 10.6. The van der Waals surface area contributed by atoms with E-state index in [1.54, 1.807) is 11.6 Å². The van der Waals surface area contributed by atoms with Crippen molar-refractivity contribution in [1.82, 2.24) is 15.4 Å². The number of carbonyl (C=O) groups excluding carboxylic acids is 5. The average Bonchev–Trinajstić information content (AvgIpc) is 2.96. The first-order valence-corrected chi connectivity index (χ1v) is 18.3. The summed E-state index contributed by atoms with van der Waals surface area (Å²) in [6.45, 7) is 1.34. The van der Waals surface area contributed by atoms with Crippen LogP contribution in [-0.4, -0.2) is 123 Å². The molecule has 0 aromatic rings. The molecule has 0 aliphatic heterocycles. The molecular formula is C27H45N3O16S2. The van der Waals surface area contributed by atoms with E-state index in [4.69, 9.17) is 14.0 Å². The van der Waals surface area contributed by atoms with Crippen molar-refractivity contribution in [3.8, 4) is 0 Å². The van der Waals surface area contributed by atoms with Crippen LogP contribution in [0.3, 0.4) is 0 Å². The number of rotatable bonds is 29. The van der Waals surface area contributed by atoms with Crippen LogP contribution in [0.25, 0.3) is 0 Å². The number of carboxylic acid groups (broad SMARTS) is 2. The van der Waals surface area contributed by atoms with Crippen molar-refractivity contribution in [3.05, 3.63) is 0 Å². The average molecular weight is 732 g/mol. The van der Waals surface area contributed by atoms with Gasteiger partial charge in [-0.3, -0.25) is 38.0 Å². The Balaban J connectivity index is 4.14. The summed E-state index contributed by atoms with van der Waals surface area (Å²) in [5.74, 6) is -7.93. The Hall–Kier alpha value is -3.53. The number of ether oxygens (including phenoxy) is 2. The molecule has 276 valence electrons. The maximum absolute atomic E-state index is 12.2. The van der Waals surface area contributed by atoms with Gasteiger partial charge in [0.1, 0.15) is 18.4 Å². The van der Waals surface area contributed by atoms with Crippen molar-refractivity contribution >= 4 is 61.4 Å². The molecule has 19 nitrogen and oxygen atoms in total. The van der Waals surface area contributed by atoms with E-state index in [9.17, 15) is 60.6 Å². The SMILES string of the molecule is CCC(=O)CCC(NC(=O)CCC(CC(=O)COCCOCCNC(=O)CCCS(=O)(=O)NC(=O)CCCS(=O)(=O)O)C(=O)O)C(=O)O. The molecule has 0 spiro atoms. The molecule has 21 heteroatoms. The molecule has 0 aromatic heterocycles. The number of hydrogen-bond donors (Lipinski definition) is 6. The zero-order valence-electron chi connectivity index (χ0n) is 26.6. The molecule has 0 aliphatic rings. The highest BCUT2D eigenvalue weighted by atomic mass is 32.2. The summed E-state index contributed by atoms with van der Waals surface area (Å²) < 4.78 is 65.8. The number of amides is 3. The fourth-order valence-electron chi connectivity index (χ4n) is 3.83. The van der Waals surface area contributed by atoms with Crippen LogP contribution < -0.4 is 15.4 Å². The molecule has 0 rings (SSSR count). The summed E-state index contributed by atoms with van der Waals surface area (Å²) in [4.78, 5) is 82.1. The Morgan fingerprint density at radius 1 is 0.708 bits per heavy atom. The lowest BCUT2D eigenvalue weighted by Crippen LogP contribution is -2.41. The molecule has 48 heavy (non-hydrogen) atoms. The van der Waals surface area contributed by atoms with Gasteiger partial charge in [-0.05, 0) is 25.7 Å². The Labute approximate surface area is 278 Å². The molecule has 2 atom stereocenters. The largest absolute Gasteiger partial charge is 0.481 e. The molecule has 0 saturated heterocycles. The van der Waals surface area contributed by atoms with Gasteiger partial charge in [0, 0.05) is 45.1 Å². The lowest BCUT2D eigenvalue weighted by molar-refractivity contribution is -0.145. The van der Waals surface area contributed by atoms with Crippen LogP contribution in [0.1, 0.15) is 71.1 Å².